The number of carbonyl (C=O) groups is 5. The van der Waals surface area contributed by atoms with E-state index in [1.807, 2.05) is 0 Å². The van der Waals surface area contributed by atoms with E-state index < -0.39 is 17.9 Å². The number of hydrogen-bond donors (Lipinski definition) is 2. The summed E-state index contributed by atoms with van der Waals surface area (Å²) in [5, 5.41) is 11.6. The van der Waals surface area contributed by atoms with Crippen molar-refractivity contribution in [3.8, 4) is 0 Å². The summed E-state index contributed by atoms with van der Waals surface area (Å²) in [4.78, 5) is 61.5. The molecule has 1 saturated heterocycles. The van der Waals surface area contributed by atoms with Crippen LogP contribution in [0, 0.1) is 0 Å². The minimum Gasteiger partial charge on any atom is -0.465 e. The molecular formula is C23H36N4O10. The van der Waals surface area contributed by atoms with Crippen molar-refractivity contribution >= 4 is 29.7 Å². The zero-order valence-electron chi connectivity index (χ0n) is 20.9. The van der Waals surface area contributed by atoms with Crippen LogP contribution in [-0.2, 0) is 38.1 Å². The number of nitrogens with zero attached hydrogens (tertiary/aromatic N) is 3. The Morgan fingerprint density at radius 2 is 1.22 bits per heavy atom. The highest BCUT2D eigenvalue weighted by Gasteiger charge is 2.24. The minimum atomic E-state index is -0.961. The van der Waals surface area contributed by atoms with Crippen LogP contribution in [0.1, 0.15) is 12.8 Å². The Bertz CT molecular complexity index is 780. The lowest BCUT2D eigenvalue weighted by molar-refractivity contribution is -0.137. The highest BCUT2D eigenvalue weighted by Crippen LogP contribution is 2.05. The molecule has 2 N–H and O–H groups in total. The van der Waals surface area contributed by atoms with Gasteiger partial charge in [0.25, 0.3) is 11.8 Å². The van der Waals surface area contributed by atoms with E-state index in [0.29, 0.717) is 79.0 Å². The van der Waals surface area contributed by atoms with E-state index in [2.05, 4.69) is 5.32 Å². The summed E-state index contributed by atoms with van der Waals surface area (Å²) in [6, 6.07) is 0. The number of imide groups is 1. The first kappa shape index (κ1) is 30.2. The van der Waals surface area contributed by atoms with Crippen molar-refractivity contribution < 1.29 is 48.0 Å². The van der Waals surface area contributed by atoms with Gasteiger partial charge in [-0.05, 0) is 0 Å². The van der Waals surface area contributed by atoms with Gasteiger partial charge in [0.2, 0.25) is 11.8 Å². The van der Waals surface area contributed by atoms with Gasteiger partial charge in [-0.3, -0.25) is 24.1 Å². The van der Waals surface area contributed by atoms with E-state index in [4.69, 9.17) is 24.1 Å². The van der Waals surface area contributed by atoms with Gasteiger partial charge < -0.3 is 39.2 Å². The number of nitrogens with one attached hydrogen (secondary N) is 1. The maximum atomic E-state index is 12.1. The zero-order valence-corrected chi connectivity index (χ0v) is 20.9. The fraction of sp³-hybridized carbons (Fsp3) is 0.696. The molecule has 2 aliphatic rings. The summed E-state index contributed by atoms with van der Waals surface area (Å²) in [7, 11) is 0. The van der Waals surface area contributed by atoms with Gasteiger partial charge in [0, 0.05) is 57.8 Å². The Labute approximate surface area is 215 Å². The number of amides is 5. The molecule has 2 heterocycles. The highest BCUT2D eigenvalue weighted by molar-refractivity contribution is 6.13. The summed E-state index contributed by atoms with van der Waals surface area (Å²) < 4.78 is 21.5. The van der Waals surface area contributed by atoms with Crippen LogP contribution in [0.15, 0.2) is 12.2 Å². The van der Waals surface area contributed by atoms with E-state index in [1.165, 1.54) is 17.1 Å². The molecule has 0 unspecified atom stereocenters. The van der Waals surface area contributed by atoms with E-state index >= 15 is 0 Å². The summed E-state index contributed by atoms with van der Waals surface area (Å²) >= 11 is 0. The summed E-state index contributed by atoms with van der Waals surface area (Å²) in [5.41, 5.74) is 0. The molecule has 5 amide bonds. The molecule has 0 aromatic rings. The van der Waals surface area contributed by atoms with Gasteiger partial charge in [0.15, 0.2) is 0 Å². The van der Waals surface area contributed by atoms with E-state index in [9.17, 15) is 24.0 Å². The van der Waals surface area contributed by atoms with Crippen LogP contribution < -0.4 is 5.32 Å². The molecule has 0 atom stereocenters. The Morgan fingerprint density at radius 3 is 1.76 bits per heavy atom. The van der Waals surface area contributed by atoms with Gasteiger partial charge in [0.05, 0.1) is 59.3 Å². The van der Waals surface area contributed by atoms with Crippen LogP contribution in [0.4, 0.5) is 4.79 Å². The number of hydrogen-bond acceptors (Lipinski definition) is 9. The molecule has 1 fully saturated rings. The molecule has 0 radical (unpaired) electrons. The molecular weight excluding hydrogens is 492 g/mol. The fourth-order valence-corrected chi connectivity index (χ4v) is 3.44. The normalized spacial score (nSPS) is 15.5. The van der Waals surface area contributed by atoms with E-state index in [-0.39, 0.29) is 37.8 Å². The standard InChI is InChI=1S/C23H36N4O10/c28-19(3-6-27-21(30)1-2-22(27)31)24-5-12-35-14-16-37-18-17-36-15-13-34-11-4-20(29)25-7-9-26(10-8-25)23(32)33/h1-2H,3-18H2,(H,24,28)(H,32,33). The van der Waals surface area contributed by atoms with Gasteiger partial charge in [0.1, 0.15) is 0 Å². The topological polar surface area (TPSA) is 164 Å². The predicted molar refractivity (Wildman–Crippen MR) is 128 cm³/mol. The largest absolute Gasteiger partial charge is 0.465 e. The smallest absolute Gasteiger partial charge is 0.407 e. The lowest BCUT2D eigenvalue weighted by atomic mass is 10.3. The summed E-state index contributed by atoms with van der Waals surface area (Å²) in [6.07, 6.45) is 1.69. The number of piperazine rings is 1. The summed E-state index contributed by atoms with van der Waals surface area (Å²) in [6.45, 7) is 4.68. The van der Waals surface area contributed by atoms with Crippen LogP contribution >= 0.6 is 0 Å². The average molecular weight is 529 g/mol. The molecule has 0 bridgehead atoms. The molecule has 37 heavy (non-hydrogen) atoms. The van der Waals surface area contributed by atoms with E-state index in [1.54, 1.807) is 4.90 Å². The van der Waals surface area contributed by atoms with Crippen molar-refractivity contribution in [2.45, 2.75) is 12.8 Å². The third-order valence-electron chi connectivity index (χ3n) is 5.51. The monoisotopic (exact) mass is 528 g/mol. The first-order chi connectivity index (χ1) is 17.9. The number of carboxylic acid groups (broad SMARTS) is 1. The number of carbonyl (C=O) groups excluding carboxylic acids is 4. The Morgan fingerprint density at radius 1 is 0.730 bits per heavy atom. The summed E-state index contributed by atoms with van der Waals surface area (Å²) in [5.74, 6) is -1.13. The zero-order chi connectivity index (χ0) is 26.9. The maximum Gasteiger partial charge on any atom is 0.407 e. The first-order valence-electron chi connectivity index (χ1n) is 12.3. The molecule has 0 spiro atoms. The van der Waals surface area contributed by atoms with Gasteiger partial charge in [-0.15, -0.1) is 0 Å². The number of rotatable bonds is 18. The molecule has 14 nitrogen and oxygen atoms in total. The van der Waals surface area contributed by atoms with Gasteiger partial charge in [-0.1, -0.05) is 0 Å². The Balaban J connectivity index is 1.29. The van der Waals surface area contributed by atoms with Crippen LogP contribution in [-0.4, -0.2) is 142 Å². The Kier molecular flexibility index (Phi) is 14.2. The highest BCUT2D eigenvalue weighted by atomic mass is 16.6. The van der Waals surface area contributed by atoms with Gasteiger partial charge in [-0.2, -0.15) is 0 Å². The second-order valence-corrected chi connectivity index (χ2v) is 8.11. The fourth-order valence-electron chi connectivity index (χ4n) is 3.44. The second kappa shape index (κ2) is 17.4. The van der Waals surface area contributed by atoms with Gasteiger partial charge >= 0.3 is 6.09 Å². The number of ether oxygens (including phenoxy) is 4. The van der Waals surface area contributed by atoms with Crippen molar-refractivity contribution in [1.82, 2.24) is 20.0 Å². The minimum absolute atomic E-state index is 0.0409. The predicted octanol–water partition coefficient (Wildman–Crippen LogP) is -1.30. The molecule has 0 aromatic heterocycles. The van der Waals surface area contributed by atoms with Crippen molar-refractivity contribution in [2.75, 3.05) is 92.1 Å². The van der Waals surface area contributed by atoms with Crippen molar-refractivity contribution in [1.29, 1.82) is 0 Å². The van der Waals surface area contributed by atoms with E-state index in [0.717, 1.165) is 4.90 Å². The Hall–Kier alpha value is -3.07. The maximum absolute atomic E-state index is 12.1. The lowest BCUT2D eigenvalue weighted by Crippen LogP contribution is -2.50. The average Bonchev–Trinajstić information content (AvgIpc) is 3.21. The molecule has 0 aromatic carbocycles. The molecule has 2 rings (SSSR count). The van der Waals surface area contributed by atoms with Crippen LogP contribution in [0.5, 0.6) is 0 Å². The second-order valence-electron chi connectivity index (χ2n) is 8.11. The quantitative estimate of drug-likeness (QED) is 0.161. The SMILES string of the molecule is O=C(CCN1C(=O)C=CC1=O)NCCOCCOCCOCCOCCC(=O)N1CCN(C(=O)O)CC1. The third-order valence-corrected chi connectivity index (χ3v) is 5.51. The van der Waals surface area contributed by atoms with Crippen LogP contribution in [0.3, 0.4) is 0 Å². The molecule has 14 heteroatoms. The first-order valence-corrected chi connectivity index (χ1v) is 12.3. The van der Waals surface area contributed by atoms with Crippen molar-refractivity contribution in [3.63, 3.8) is 0 Å². The molecule has 2 aliphatic heterocycles. The van der Waals surface area contributed by atoms with Crippen molar-refractivity contribution in [3.05, 3.63) is 12.2 Å². The van der Waals surface area contributed by atoms with Crippen LogP contribution in [0.25, 0.3) is 0 Å². The lowest BCUT2D eigenvalue weighted by Gasteiger charge is -2.33. The third kappa shape index (κ3) is 12.1. The molecule has 0 aliphatic carbocycles. The molecule has 0 saturated carbocycles. The van der Waals surface area contributed by atoms with Gasteiger partial charge in [-0.25, -0.2) is 4.79 Å². The molecule has 208 valence electrons. The van der Waals surface area contributed by atoms with Crippen molar-refractivity contribution in [2.24, 2.45) is 0 Å². The van der Waals surface area contributed by atoms with Crippen LogP contribution in [0.2, 0.25) is 0 Å².